The van der Waals surface area contributed by atoms with Crippen LogP contribution < -0.4 is 4.74 Å². The zero-order valence-electron chi connectivity index (χ0n) is 10.5. The van der Waals surface area contributed by atoms with E-state index in [1.165, 1.54) is 6.08 Å². The minimum atomic E-state index is 0.223. The Hall–Kier alpha value is -2.55. The SMILES string of the molecule is COc1cc(-c2ccccc2O)ccc1C=CC=O. The van der Waals surface area contributed by atoms with Crippen molar-refractivity contribution in [1.82, 2.24) is 0 Å². The lowest BCUT2D eigenvalue weighted by Crippen LogP contribution is -1.88. The summed E-state index contributed by atoms with van der Waals surface area (Å²) >= 11 is 0. The third-order valence-corrected chi connectivity index (χ3v) is 2.80. The monoisotopic (exact) mass is 254 g/mol. The molecule has 96 valence electrons. The van der Waals surface area contributed by atoms with Crippen molar-refractivity contribution >= 4 is 12.4 Å². The van der Waals surface area contributed by atoms with Crippen LogP contribution in [-0.4, -0.2) is 18.5 Å². The highest BCUT2D eigenvalue weighted by Gasteiger charge is 2.06. The van der Waals surface area contributed by atoms with Gasteiger partial charge < -0.3 is 9.84 Å². The van der Waals surface area contributed by atoms with Crippen molar-refractivity contribution in [3.05, 3.63) is 54.1 Å². The van der Waals surface area contributed by atoms with E-state index in [9.17, 15) is 9.90 Å². The number of phenolic OH excluding ortho intramolecular Hbond substituents is 1. The lowest BCUT2D eigenvalue weighted by atomic mass is 10.0. The number of hydrogen-bond acceptors (Lipinski definition) is 3. The number of hydrogen-bond donors (Lipinski definition) is 1. The van der Waals surface area contributed by atoms with Gasteiger partial charge in [-0.25, -0.2) is 0 Å². The minimum Gasteiger partial charge on any atom is -0.507 e. The zero-order valence-corrected chi connectivity index (χ0v) is 10.5. The number of rotatable bonds is 4. The molecule has 1 N–H and O–H groups in total. The molecule has 0 unspecified atom stereocenters. The van der Waals surface area contributed by atoms with Crippen molar-refractivity contribution in [3.8, 4) is 22.6 Å². The number of carbonyl (C=O) groups is 1. The Labute approximate surface area is 111 Å². The van der Waals surface area contributed by atoms with E-state index in [0.717, 1.165) is 23.0 Å². The van der Waals surface area contributed by atoms with Gasteiger partial charge in [-0.15, -0.1) is 0 Å². The third kappa shape index (κ3) is 2.83. The van der Waals surface area contributed by atoms with Crippen molar-refractivity contribution in [1.29, 1.82) is 0 Å². The maximum Gasteiger partial charge on any atom is 0.142 e. The maximum absolute atomic E-state index is 10.4. The Bertz CT molecular complexity index is 615. The number of benzene rings is 2. The van der Waals surface area contributed by atoms with Crippen LogP contribution in [0.5, 0.6) is 11.5 Å². The zero-order chi connectivity index (χ0) is 13.7. The van der Waals surface area contributed by atoms with Crippen molar-refractivity contribution in [2.45, 2.75) is 0 Å². The van der Waals surface area contributed by atoms with Gasteiger partial charge in [0.1, 0.15) is 17.8 Å². The van der Waals surface area contributed by atoms with E-state index in [2.05, 4.69) is 0 Å². The van der Waals surface area contributed by atoms with Crippen molar-refractivity contribution in [2.75, 3.05) is 7.11 Å². The number of aromatic hydroxyl groups is 1. The van der Waals surface area contributed by atoms with Crippen LogP contribution in [0.3, 0.4) is 0 Å². The molecule has 0 bridgehead atoms. The summed E-state index contributed by atoms with van der Waals surface area (Å²) in [6, 6.07) is 12.7. The van der Waals surface area contributed by atoms with Gasteiger partial charge in [0.25, 0.3) is 0 Å². The van der Waals surface area contributed by atoms with Gasteiger partial charge in [-0.2, -0.15) is 0 Å². The summed E-state index contributed by atoms with van der Waals surface area (Å²) in [7, 11) is 1.57. The number of aldehydes is 1. The molecule has 0 amide bonds. The topological polar surface area (TPSA) is 46.5 Å². The average Bonchev–Trinajstić information content (AvgIpc) is 2.45. The van der Waals surface area contributed by atoms with E-state index in [1.54, 1.807) is 25.3 Å². The third-order valence-electron chi connectivity index (χ3n) is 2.80. The maximum atomic E-state index is 10.4. The number of ether oxygens (including phenoxy) is 1. The molecule has 0 saturated carbocycles. The van der Waals surface area contributed by atoms with Crippen LogP contribution in [0.4, 0.5) is 0 Å². The van der Waals surface area contributed by atoms with Crippen molar-refractivity contribution < 1.29 is 14.6 Å². The molecule has 0 aliphatic carbocycles. The fourth-order valence-electron chi connectivity index (χ4n) is 1.88. The largest absolute Gasteiger partial charge is 0.507 e. The number of para-hydroxylation sites is 1. The molecule has 0 radical (unpaired) electrons. The summed E-state index contributed by atoms with van der Waals surface area (Å²) < 4.78 is 5.30. The standard InChI is InChI=1S/C16H14O3/c1-19-16-11-13(9-8-12(16)5-4-10-17)14-6-2-3-7-15(14)18/h2-11,18H,1H3. The lowest BCUT2D eigenvalue weighted by molar-refractivity contribution is -0.104. The fraction of sp³-hybridized carbons (Fsp3) is 0.0625. The predicted molar refractivity (Wildman–Crippen MR) is 75.2 cm³/mol. The van der Waals surface area contributed by atoms with E-state index in [1.807, 2.05) is 30.3 Å². The Morgan fingerprint density at radius 2 is 1.95 bits per heavy atom. The molecule has 0 heterocycles. The molecule has 3 heteroatoms. The first-order valence-electron chi connectivity index (χ1n) is 5.84. The van der Waals surface area contributed by atoms with Gasteiger partial charge >= 0.3 is 0 Å². The van der Waals surface area contributed by atoms with Gasteiger partial charge in [0.2, 0.25) is 0 Å². The summed E-state index contributed by atoms with van der Waals surface area (Å²) in [4.78, 5) is 10.4. The Morgan fingerprint density at radius 1 is 1.16 bits per heavy atom. The normalized spacial score (nSPS) is 10.6. The summed E-state index contributed by atoms with van der Waals surface area (Å²) in [6.07, 6.45) is 3.81. The molecule has 0 aromatic heterocycles. The number of carbonyl (C=O) groups excluding carboxylic acids is 1. The molecule has 0 fully saturated rings. The van der Waals surface area contributed by atoms with Crippen LogP contribution in [0.2, 0.25) is 0 Å². The average molecular weight is 254 g/mol. The Morgan fingerprint density at radius 3 is 2.63 bits per heavy atom. The molecule has 0 atom stereocenters. The molecule has 2 aromatic carbocycles. The number of methoxy groups -OCH3 is 1. The quantitative estimate of drug-likeness (QED) is 0.672. The second-order valence-electron chi connectivity index (χ2n) is 3.97. The highest BCUT2D eigenvalue weighted by atomic mass is 16.5. The minimum absolute atomic E-state index is 0.223. The second kappa shape index (κ2) is 5.87. The molecule has 19 heavy (non-hydrogen) atoms. The molecule has 0 spiro atoms. The summed E-state index contributed by atoms with van der Waals surface area (Å²) in [6.45, 7) is 0. The highest BCUT2D eigenvalue weighted by molar-refractivity contribution is 5.78. The van der Waals surface area contributed by atoms with Crippen LogP contribution in [0.25, 0.3) is 17.2 Å². The predicted octanol–water partition coefficient (Wildman–Crippen LogP) is 3.28. The van der Waals surface area contributed by atoms with Gasteiger partial charge in [0, 0.05) is 11.1 Å². The van der Waals surface area contributed by atoms with Crippen LogP contribution in [0.1, 0.15) is 5.56 Å². The first-order chi connectivity index (χ1) is 9.26. The summed E-state index contributed by atoms with van der Waals surface area (Å²) in [5, 5.41) is 9.84. The molecule has 0 aliphatic rings. The van der Waals surface area contributed by atoms with Crippen LogP contribution in [0.15, 0.2) is 48.5 Å². The van der Waals surface area contributed by atoms with Gasteiger partial charge in [-0.3, -0.25) is 4.79 Å². The molecule has 0 aliphatic heterocycles. The molecule has 2 rings (SSSR count). The van der Waals surface area contributed by atoms with E-state index in [-0.39, 0.29) is 5.75 Å². The Kier molecular flexibility index (Phi) is 3.98. The molecular formula is C16H14O3. The number of allylic oxidation sites excluding steroid dienone is 1. The Balaban J connectivity index is 2.47. The van der Waals surface area contributed by atoms with Gasteiger partial charge in [0.15, 0.2) is 0 Å². The molecule has 2 aromatic rings. The second-order valence-corrected chi connectivity index (χ2v) is 3.97. The molecular weight excluding hydrogens is 240 g/mol. The van der Waals surface area contributed by atoms with E-state index in [0.29, 0.717) is 5.75 Å². The molecule has 0 saturated heterocycles. The van der Waals surface area contributed by atoms with Gasteiger partial charge in [-0.05, 0) is 29.8 Å². The van der Waals surface area contributed by atoms with E-state index >= 15 is 0 Å². The van der Waals surface area contributed by atoms with Gasteiger partial charge in [-0.1, -0.05) is 30.3 Å². The van der Waals surface area contributed by atoms with Gasteiger partial charge in [0.05, 0.1) is 7.11 Å². The van der Waals surface area contributed by atoms with Crippen LogP contribution >= 0.6 is 0 Å². The first kappa shape index (κ1) is 12.9. The highest BCUT2D eigenvalue weighted by Crippen LogP contribution is 2.32. The van der Waals surface area contributed by atoms with Crippen molar-refractivity contribution in [2.24, 2.45) is 0 Å². The first-order valence-corrected chi connectivity index (χ1v) is 5.84. The smallest absolute Gasteiger partial charge is 0.142 e. The lowest BCUT2D eigenvalue weighted by Gasteiger charge is -2.09. The summed E-state index contributed by atoms with van der Waals surface area (Å²) in [5.74, 6) is 0.875. The van der Waals surface area contributed by atoms with E-state index in [4.69, 9.17) is 4.74 Å². The number of phenols is 1. The fourth-order valence-corrected chi connectivity index (χ4v) is 1.88. The van der Waals surface area contributed by atoms with Crippen LogP contribution in [-0.2, 0) is 4.79 Å². The summed E-state index contributed by atoms with van der Waals surface area (Å²) in [5.41, 5.74) is 2.42. The van der Waals surface area contributed by atoms with Crippen molar-refractivity contribution in [3.63, 3.8) is 0 Å². The molecule has 3 nitrogen and oxygen atoms in total. The van der Waals surface area contributed by atoms with Crippen LogP contribution in [0, 0.1) is 0 Å². The van der Waals surface area contributed by atoms with E-state index < -0.39 is 0 Å².